The highest BCUT2D eigenvalue weighted by Gasteiger charge is 2.10. The van der Waals surface area contributed by atoms with E-state index < -0.39 is 0 Å². The summed E-state index contributed by atoms with van der Waals surface area (Å²) >= 11 is 0. The van der Waals surface area contributed by atoms with E-state index in [4.69, 9.17) is 4.74 Å². The highest BCUT2D eigenvalue weighted by molar-refractivity contribution is 5.69. The van der Waals surface area contributed by atoms with Gasteiger partial charge in [0.2, 0.25) is 5.88 Å². The molecule has 3 rings (SSSR count). The Labute approximate surface area is 128 Å². The molecule has 22 heavy (non-hydrogen) atoms. The zero-order valence-electron chi connectivity index (χ0n) is 12.2. The van der Waals surface area contributed by atoms with Gasteiger partial charge in [-0.15, -0.1) is 0 Å². The van der Waals surface area contributed by atoms with Crippen LogP contribution in [0.4, 0.5) is 0 Å². The monoisotopic (exact) mass is 296 g/mol. The summed E-state index contributed by atoms with van der Waals surface area (Å²) in [5.74, 6) is 0.553. The van der Waals surface area contributed by atoms with Crippen LogP contribution < -0.4 is 4.74 Å². The molecule has 112 valence electrons. The van der Waals surface area contributed by atoms with E-state index in [1.54, 1.807) is 24.3 Å². The van der Waals surface area contributed by atoms with E-state index in [1.165, 1.54) is 6.33 Å². The maximum Gasteiger partial charge on any atom is 0.221 e. The van der Waals surface area contributed by atoms with Gasteiger partial charge in [0.1, 0.15) is 12.7 Å². The zero-order chi connectivity index (χ0) is 15.4. The Kier molecular flexibility index (Phi) is 4.11. The molecule has 1 aromatic carbocycles. The minimum atomic E-state index is 0.00221. The average molecular weight is 296 g/mol. The van der Waals surface area contributed by atoms with Gasteiger partial charge in [0, 0.05) is 11.8 Å². The van der Waals surface area contributed by atoms with E-state index in [0.717, 1.165) is 22.3 Å². The summed E-state index contributed by atoms with van der Waals surface area (Å²) in [6, 6.07) is 9.70. The number of pyridine rings is 1. The number of methoxy groups -OCH3 is 1. The maximum atomic E-state index is 9.30. The fourth-order valence-electron chi connectivity index (χ4n) is 2.29. The number of hydrogen-bond donors (Lipinski definition) is 1. The Balaban J connectivity index is 2.00. The van der Waals surface area contributed by atoms with Crippen molar-refractivity contribution in [1.82, 2.24) is 19.7 Å². The molecular weight excluding hydrogens is 280 g/mol. The van der Waals surface area contributed by atoms with Gasteiger partial charge in [0.15, 0.2) is 0 Å². The first kappa shape index (κ1) is 14.2. The van der Waals surface area contributed by atoms with E-state index in [9.17, 15) is 5.11 Å². The van der Waals surface area contributed by atoms with Crippen LogP contribution in [0.1, 0.15) is 11.1 Å². The number of hydrogen-bond acceptors (Lipinski definition) is 5. The van der Waals surface area contributed by atoms with Crippen molar-refractivity contribution in [3.63, 3.8) is 0 Å². The van der Waals surface area contributed by atoms with Gasteiger partial charge < -0.3 is 9.84 Å². The molecule has 0 aliphatic rings. The first-order valence-electron chi connectivity index (χ1n) is 6.85. The van der Waals surface area contributed by atoms with Crippen LogP contribution in [0.5, 0.6) is 5.88 Å². The standard InChI is InChI=1S/C16H16N4O2/c1-22-16-15(14-4-2-3-12(5-14)9-21)6-13(7-18-16)8-20-11-17-10-19-20/h2-7,10-11,21H,8-9H2,1H3. The summed E-state index contributed by atoms with van der Waals surface area (Å²) in [6.07, 6.45) is 4.93. The van der Waals surface area contributed by atoms with E-state index in [2.05, 4.69) is 15.1 Å². The highest BCUT2D eigenvalue weighted by Crippen LogP contribution is 2.29. The van der Waals surface area contributed by atoms with Gasteiger partial charge in [0.05, 0.1) is 20.3 Å². The second-order valence-corrected chi connectivity index (χ2v) is 4.85. The fraction of sp³-hybridized carbons (Fsp3) is 0.188. The molecule has 0 aliphatic carbocycles. The molecule has 0 bridgehead atoms. The van der Waals surface area contributed by atoms with Crippen molar-refractivity contribution in [2.24, 2.45) is 0 Å². The summed E-state index contributed by atoms with van der Waals surface area (Å²) in [7, 11) is 1.60. The number of benzene rings is 1. The minimum Gasteiger partial charge on any atom is -0.481 e. The van der Waals surface area contributed by atoms with Crippen molar-refractivity contribution in [3.05, 3.63) is 60.3 Å². The van der Waals surface area contributed by atoms with E-state index in [0.29, 0.717) is 12.4 Å². The predicted octanol–water partition coefficient (Wildman–Crippen LogP) is 1.89. The van der Waals surface area contributed by atoms with Gasteiger partial charge >= 0.3 is 0 Å². The van der Waals surface area contributed by atoms with Gasteiger partial charge in [0.25, 0.3) is 0 Å². The number of ether oxygens (including phenoxy) is 1. The number of aliphatic hydroxyl groups excluding tert-OH is 1. The van der Waals surface area contributed by atoms with Crippen molar-refractivity contribution >= 4 is 0 Å². The normalized spacial score (nSPS) is 10.6. The Morgan fingerprint density at radius 1 is 1.23 bits per heavy atom. The average Bonchev–Trinajstić information content (AvgIpc) is 3.08. The molecule has 0 saturated heterocycles. The number of nitrogens with zero attached hydrogens (tertiary/aromatic N) is 4. The minimum absolute atomic E-state index is 0.00221. The van der Waals surface area contributed by atoms with Crippen molar-refractivity contribution in [3.8, 4) is 17.0 Å². The summed E-state index contributed by atoms with van der Waals surface area (Å²) in [6.45, 7) is 0.589. The van der Waals surface area contributed by atoms with Crippen LogP contribution in [0.15, 0.2) is 49.2 Å². The predicted molar refractivity (Wildman–Crippen MR) is 81.3 cm³/mol. The maximum absolute atomic E-state index is 9.30. The van der Waals surface area contributed by atoms with Crippen molar-refractivity contribution in [1.29, 1.82) is 0 Å². The Morgan fingerprint density at radius 3 is 2.86 bits per heavy atom. The molecule has 2 aromatic heterocycles. The smallest absolute Gasteiger partial charge is 0.221 e. The molecule has 0 amide bonds. The lowest BCUT2D eigenvalue weighted by atomic mass is 10.0. The van der Waals surface area contributed by atoms with Crippen LogP contribution in [0.25, 0.3) is 11.1 Å². The SMILES string of the molecule is COc1ncc(Cn2cncn2)cc1-c1cccc(CO)c1. The zero-order valence-corrected chi connectivity index (χ0v) is 12.2. The number of aromatic nitrogens is 4. The molecule has 0 aliphatic heterocycles. The van der Waals surface area contributed by atoms with Crippen LogP contribution >= 0.6 is 0 Å². The van der Waals surface area contributed by atoms with Crippen molar-refractivity contribution in [2.75, 3.05) is 7.11 Å². The highest BCUT2D eigenvalue weighted by atomic mass is 16.5. The molecular formula is C16H16N4O2. The van der Waals surface area contributed by atoms with Crippen LogP contribution in [-0.2, 0) is 13.2 Å². The molecule has 0 spiro atoms. The first-order chi connectivity index (χ1) is 10.8. The Hall–Kier alpha value is -2.73. The molecule has 0 atom stereocenters. The molecule has 1 N–H and O–H groups in total. The van der Waals surface area contributed by atoms with Gasteiger partial charge in [-0.05, 0) is 28.8 Å². The summed E-state index contributed by atoms with van der Waals surface area (Å²) < 4.78 is 7.09. The van der Waals surface area contributed by atoms with Crippen LogP contribution in [-0.4, -0.2) is 32.0 Å². The topological polar surface area (TPSA) is 73.1 Å². The van der Waals surface area contributed by atoms with E-state index in [-0.39, 0.29) is 6.61 Å². The molecule has 0 radical (unpaired) electrons. The van der Waals surface area contributed by atoms with Crippen molar-refractivity contribution < 1.29 is 9.84 Å². The van der Waals surface area contributed by atoms with E-state index >= 15 is 0 Å². The molecule has 0 fully saturated rings. The largest absolute Gasteiger partial charge is 0.481 e. The Morgan fingerprint density at radius 2 is 2.14 bits per heavy atom. The van der Waals surface area contributed by atoms with Gasteiger partial charge in [-0.1, -0.05) is 18.2 Å². The lowest BCUT2D eigenvalue weighted by molar-refractivity contribution is 0.282. The molecule has 0 unspecified atom stereocenters. The first-order valence-corrected chi connectivity index (χ1v) is 6.85. The second kappa shape index (κ2) is 6.36. The molecule has 2 heterocycles. The quantitative estimate of drug-likeness (QED) is 0.778. The molecule has 3 aromatic rings. The van der Waals surface area contributed by atoms with Gasteiger partial charge in [-0.2, -0.15) is 5.10 Å². The lowest BCUT2D eigenvalue weighted by Gasteiger charge is -2.11. The summed E-state index contributed by atoms with van der Waals surface area (Å²) in [5, 5.41) is 13.4. The van der Waals surface area contributed by atoms with Crippen LogP contribution in [0.3, 0.4) is 0 Å². The third-order valence-electron chi connectivity index (χ3n) is 3.33. The van der Waals surface area contributed by atoms with E-state index in [1.807, 2.05) is 30.3 Å². The van der Waals surface area contributed by atoms with Gasteiger partial charge in [-0.25, -0.2) is 14.6 Å². The van der Waals surface area contributed by atoms with Crippen LogP contribution in [0, 0.1) is 0 Å². The molecule has 6 heteroatoms. The number of aliphatic hydroxyl groups is 1. The van der Waals surface area contributed by atoms with Crippen LogP contribution in [0.2, 0.25) is 0 Å². The summed E-state index contributed by atoms with van der Waals surface area (Å²) in [5.41, 5.74) is 3.68. The molecule has 0 saturated carbocycles. The van der Waals surface area contributed by atoms with Gasteiger partial charge in [-0.3, -0.25) is 0 Å². The third-order valence-corrected chi connectivity index (χ3v) is 3.33. The third kappa shape index (κ3) is 2.96. The van der Waals surface area contributed by atoms with Crippen molar-refractivity contribution in [2.45, 2.75) is 13.2 Å². The lowest BCUT2D eigenvalue weighted by Crippen LogP contribution is -2.02. The Bertz CT molecular complexity index is 757. The second-order valence-electron chi connectivity index (χ2n) is 4.85. The fourth-order valence-corrected chi connectivity index (χ4v) is 2.29. The number of rotatable bonds is 5. The summed E-state index contributed by atoms with van der Waals surface area (Å²) in [4.78, 5) is 8.30. The molecule has 6 nitrogen and oxygen atoms in total.